The second-order valence-corrected chi connectivity index (χ2v) is 4.94. The molecule has 1 fully saturated rings. The molecule has 1 aliphatic rings. The van der Waals surface area contributed by atoms with Crippen molar-refractivity contribution in [2.24, 2.45) is 0 Å². The number of thioether (sulfide) groups is 1. The molecule has 1 saturated heterocycles. The Morgan fingerprint density at radius 2 is 2.07 bits per heavy atom. The predicted octanol–water partition coefficient (Wildman–Crippen LogP) is 2.52. The molecule has 1 aromatic rings. The molecule has 0 aromatic heterocycles. The number of carbonyl (C=O) groups is 1. The summed E-state index contributed by atoms with van der Waals surface area (Å²) in [5.74, 6) is 0.271. The zero-order valence-corrected chi connectivity index (χ0v) is 9.09. The van der Waals surface area contributed by atoms with E-state index in [1.807, 2.05) is 12.1 Å². The standard InChI is InChI=1S/C12H12O2S/c1-8-6-12(14)15-11(8)7-9-2-4-10(13)5-3-9/h2-5,11,13H,1,6-7H2. The first-order valence-corrected chi connectivity index (χ1v) is 5.68. The van der Waals surface area contributed by atoms with Gasteiger partial charge in [0.15, 0.2) is 5.12 Å². The average Bonchev–Trinajstić information content (AvgIpc) is 2.49. The van der Waals surface area contributed by atoms with Gasteiger partial charge in [0.25, 0.3) is 0 Å². The second-order valence-electron chi connectivity index (χ2n) is 3.68. The van der Waals surface area contributed by atoms with Crippen LogP contribution < -0.4 is 0 Å². The van der Waals surface area contributed by atoms with Crippen molar-refractivity contribution in [1.29, 1.82) is 0 Å². The maximum absolute atomic E-state index is 11.2. The molecular weight excluding hydrogens is 208 g/mol. The van der Waals surface area contributed by atoms with Crippen LogP contribution in [0.1, 0.15) is 12.0 Å². The molecule has 0 spiro atoms. The molecule has 1 unspecified atom stereocenters. The number of hydrogen-bond acceptors (Lipinski definition) is 3. The molecule has 1 N–H and O–H groups in total. The highest BCUT2D eigenvalue weighted by molar-refractivity contribution is 8.14. The van der Waals surface area contributed by atoms with E-state index in [-0.39, 0.29) is 16.1 Å². The Kier molecular flexibility index (Phi) is 2.82. The van der Waals surface area contributed by atoms with Crippen LogP contribution in [0.15, 0.2) is 36.4 Å². The molecular formula is C12H12O2S. The normalized spacial score (nSPS) is 20.9. The van der Waals surface area contributed by atoms with E-state index in [2.05, 4.69) is 6.58 Å². The van der Waals surface area contributed by atoms with Crippen LogP contribution in [0.25, 0.3) is 0 Å². The van der Waals surface area contributed by atoms with Crippen LogP contribution in [0.4, 0.5) is 0 Å². The average molecular weight is 220 g/mol. The summed E-state index contributed by atoms with van der Waals surface area (Å²) in [6.45, 7) is 3.91. The van der Waals surface area contributed by atoms with Crippen molar-refractivity contribution in [3.8, 4) is 5.75 Å². The van der Waals surface area contributed by atoms with Gasteiger partial charge in [-0.25, -0.2) is 0 Å². The first-order valence-electron chi connectivity index (χ1n) is 4.80. The summed E-state index contributed by atoms with van der Waals surface area (Å²) < 4.78 is 0. The third-order valence-electron chi connectivity index (χ3n) is 2.46. The van der Waals surface area contributed by atoms with Crippen molar-refractivity contribution in [2.45, 2.75) is 18.1 Å². The molecule has 0 bridgehead atoms. The first kappa shape index (κ1) is 10.3. The van der Waals surface area contributed by atoms with Gasteiger partial charge in [0.2, 0.25) is 0 Å². The quantitative estimate of drug-likeness (QED) is 0.778. The molecule has 0 radical (unpaired) electrons. The summed E-state index contributed by atoms with van der Waals surface area (Å²) in [5, 5.41) is 9.56. The van der Waals surface area contributed by atoms with Crippen molar-refractivity contribution in [1.82, 2.24) is 0 Å². The summed E-state index contributed by atoms with van der Waals surface area (Å²) in [6, 6.07) is 7.09. The molecule has 3 heteroatoms. The lowest BCUT2D eigenvalue weighted by Crippen LogP contribution is -2.03. The topological polar surface area (TPSA) is 37.3 Å². The summed E-state index contributed by atoms with van der Waals surface area (Å²) in [7, 11) is 0. The third-order valence-corrected chi connectivity index (χ3v) is 3.65. The number of carbonyl (C=O) groups excluding carboxylic acids is 1. The molecule has 0 amide bonds. The summed E-state index contributed by atoms with van der Waals surface area (Å²) >= 11 is 1.37. The van der Waals surface area contributed by atoms with Gasteiger partial charge in [0.1, 0.15) is 5.75 Å². The molecule has 2 nitrogen and oxygen atoms in total. The Morgan fingerprint density at radius 3 is 2.60 bits per heavy atom. The van der Waals surface area contributed by atoms with Crippen molar-refractivity contribution in [3.63, 3.8) is 0 Å². The molecule has 1 aromatic carbocycles. The highest BCUT2D eigenvalue weighted by Gasteiger charge is 2.26. The van der Waals surface area contributed by atoms with Crippen LogP contribution >= 0.6 is 11.8 Å². The molecule has 2 rings (SSSR count). The van der Waals surface area contributed by atoms with E-state index in [4.69, 9.17) is 5.11 Å². The number of phenolic OH excluding ortho intramolecular Hbond substituents is 1. The summed E-state index contributed by atoms with van der Waals surface area (Å²) in [6.07, 6.45) is 1.32. The zero-order valence-electron chi connectivity index (χ0n) is 8.27. The number of hydrogen-bond donors (Lipinski definition) is 1. The fourth-order valence-electron chi connectivity index (χ4n) is 1.62. The van der Waals surface area contributed by atoms with Gasteiger partial charge < -0.3 is 5.11 Å². The van der Waals surface area contributed by atoms with E-state index < -0.39 is 0 Å². The lowest BCUT2D eigenvalue weighted by molar-refractivity contribution is -0.110. The molecule has 78 valence electrons. The van der Waals surface area contributed by atoms with Crippen molar-refractivity contribution in [3.05, 3.63) is 42.0 Å². The van der Waals surface area contributed by atoms with Gasteiger partial charge >= 0.3 is 0 Å². The Morgan fingerprint density at radius 1 is 1.40 bits per heavy atom. The molecule has 1 aliphatic heterocycles. The highest BCUT2D eigenvalue weighted by atomic mass is 32.2. The van der Waals surface area contributed by atoms with Gasteiger partial charge in [-0.15, -0.1) is 0 Å². The molecule has 1 heterocycles. The second kappa shape index (κ2) is 4.11. The smallest absolute Gasteiger partial charge is 0.193 e. The van der Waals surface area contributed by atoms with Crippen LogP contribution in [0.2, 0.25) is 0 Å². The van der Waals surface area contributed by atoms with Gasteiger partial charge in [-0.2, -0.15) is 0 Å². The molecule has 0 saturated carbocycles. The van der Waals surface area contributed by atoms with Crippen molar-refractivity contribution >= 4 is 16.9 Å². The number of rotatable bonds is 2. The summed E-state index contributed by atoms with van der Waals surface area (Å²) in [4.78, 5) is 11.2. The lowest BCUT2D eigenvalue weighted by atomic mass is 10.0. The maximum Gasteiger partial charge on any atom is 0.193 e. The molecule has 0 aliphatic carbocycles. The Bertz CT molecular complexity index is 395. The summed E-state index contributed by atoms with van der Waals surface area (Å²) in [5.41, 5.74) is 2.14. The van der Waals surface area contributed by atoms with Crippen molar-refractivity contribution < 1.29 is 9.90 Å². The van der Waals surface area contributed by atoms with Gasteiger partial charge in [0, 0.05) is 11.7 Å². The van der Waals surface area contributed by atoms with Crippen LogP contribution in [-0.4, -0.2) is 15.5 Å². The van der Waals surface area contributed by atoms with E-state index in [0.717, 1.165) is 17.6 Å². The van der Waals surface area contributed by atoms with Crippen LogP contribution in [0.5, 0.6) is 5.75 Å². The lowest BCUT2D eigenvalue weighted by Gasteiger charge is -2.08. The van der Waals surface area contributed by atoms with Gasteiger partial charge in [-0.1, -0.05) is 36.0 Å². The van der Waals surface area contributed by atoms with E-state index in [0.29, 0.717) is 6.42 Å². The SMILES string of the molecule is C=C1CC(=O)SC1Cc1ccc(O)cc1. The molecule has 15 heavy (non-hydrogen) atoms. The zero-order chi connectivity index (χ0) is 10.8. The third kappa shape index (κ3) is 2.42. The van der Waals surface area contributed by atoms with Crippen LogP contribution in [0.3, 0.4) is 0 Å². The molecule has 1 atom stereocenters. The number of phenols is 1. The largest absolute Gasteiger partial charge is 0.508 e. The minimum absolute atomic E-state index is 0.210. The first-order chi connectivity index (χ1) is 7.15. The van der Waals surface area contributed by atoms with Gasteiger partial charge in [0.05, 0.1) is 0 Å². The highest BCUT2D eigenvalue weighted by Crippen LogP contribution is 2.34. The monoisotopic (exact) mass is 220 g/mol. The van der Waals surface area contributed by atoms with E-state index in [1.54, 1.807) is 12.1 Å². The Labute approximate surface area is 93.0 Å². The Hall–Kier alpha value is -1.22. The predicted molar refractivity (Wildman–Crippen MR) is 62.0 cm³/mol. The minimum Gasteiger partial charge on any atom is -0.508 e. The van der Waals surface area contributed by atoms with Crippen LogP contribution in [0, 0.1) is 0 Å². The Balaban J connectivity index is 2.06. The fraction of sp³-hybridized carbons (Fsp3) is 0.250. The van der Waals surface area contributed by atoms with E-state index in [1.165, 1.54) is 11.8 Å². The van der Waals surface area contributed by atoms with E-state index in [9.17, 15) is 4.79 Å². The maximum atomic E-state index is 11.2. The van der Waals surface area contributed by atoms with Crippen LogP contribution in [-0.2, 0) is 11.2 Å². The van der Waals surface area contributed by atoms with Gasteiger partial charge in [-0.3, -0.25) is 4.79 Å². The number of aromatic hydroxyl groups is 1. The van der Waals surface area contributed by atoms with Crippen molar-refractivity contribution in [2.75, 3.05) is 0 Å². The minimum atomic E-state index is 0.210. The fourth-order valence-corrected chi connectivity index (χ4v) is 2.73. The van der Waals surface area contributed by atoms with E-state index >= 15 is 0 Å². The van der Waals surface area contributed by atoms with Gasteiger partial charge in [-0.05, 0) is 24.1 Å². The number of benzene rings is 1.